The van der Waals surface area contributed by atoms with Gasteiger partial charge in [-0.1, -0.05) is 30.3 Å². The highest BCUT2D eigenvalue weighted by Crippen LogP contribution is 2.13. The summed E-state index contributed by atoms with van der Waals surface area (Å²) in [5.41, 5.74) is 3.28. The predicted molar refractivity (Wildman–Crippen MR) is 111 cm³/mol. The maximum atomic E-state index is 12.9. The number of carbonyl (C=O) groups excluding carboxylic acids is 1. The molecular formula is C23H24FN3O2. The number of rotatable bonds is 9. The van der Waals surface area contributed by atoms with E-state index in [4.69, 9.17) is 0 Å². The second kappa shape index (κ2) is 10.5. The number of aliphatic hydroxyl groups excluding tert-OH is 1. The van der Waals surface area contributed by atoms with Crippen LogP contribution in [0, 0.1) is 5.82 Å². The molecule has 1 atom stereocenters. The van der Waals surface area contributed by atoms with E-state index in [1.165, 1.54) is 12.1 Å². The van der Waals surface area contributed by atoms with Crippen molar-refractivity contribution in [3.63, 3.8) is 0 Å². The third kappa shape index (κ3) is 6.78. The highest BCUT2D eigenvalue weighted by atomic mass is 19.1. The monoisotopic (exact) mass is 393 g/mol. The molecule has 2 aromatic carbocycles. The number of amides is 1. The first-order valence-electron chi connectivity index (χ1n) is 9.53. The number of hydrogen-bond acceptors (Lipinski definition) is 4. The van der Waals surface area contributed by atoms with Gasteiger partial charge in [0.15, 0.2) is 0 Å². The van der Waals surface area contributed by atoms with Crippen molar-refractivity contribution in [1.82, 2.24) is 10.3 Å². The van der Waals surface area contributed by atoms with Crippen molar-refractivity contribution in [3.05, 3.63) is 95.6 Å². The van der Waals surface area contributed by atoms with E-state index in [1.54, 1.807) is 18.3 Å². The number of anilines is 1. The summed E-state index contributed by atoms with van der Waals surface area (Å²) in [4.78, 5) is 16.2. The van der Waals surface area contributed by atoms with Crippen molar-refractivity contribution < 1.29 is 14.3 Å². The average molecular weight is 393 g/mol. The molecule has 3 aromatic rings. The van der Waals surface area contributed by atoms with Crippen molar-refractivity contribution >= 4 is 11.6 Å². The second-order valence-corrected chi connectivity index (χ2v) is 6.76. The van der Waals surface area contributed by atoms with Crippen LogP contribution in [0.15, 0.2) is 72.9 Å². The van der Waals surface area contributed by atoms with Crippen LogP contribution >= 0.6 is 0 Å². The summed E-state index contributed by atoms with van der Waals surface area (Å²) < 4.78 is 12.9. The molecule has 0 spiro atoms. The Morgan fingerprint density at radius 2 is 1.79 bits per heavy atom. The first kappa shape index (κ1) is 20.6. The molecule has 0 saturated carbocycles. The van der Waals surface area contributed by atoms with Crippen LogP contribution in [-0.4, -0.2) is 29.1 Å². The van der Waals surface area contributed by atoms with Gasteiger partial charge in [0, 0.05) is 24.1 Å². The molecule has 0 saturated heterocycles. The fraction of sp³-hybridized carbons (Fsp3) is 0.217. The van der Waals surface area contributed by atoms with E-state index in [1.807, 2.05) is 42.5 Å². The Kier molecular flexibility index (Phi) is 7.44. The standard InChI is InChI=1S/C23H24FN3O2/c24-19-8-6-18(7-9-19)22(28)16-25-14-12-17-4-10-20(11-5-17)27-23(29)15-21-3-1-2-13-26-21/h1-11,13,22,25,28H,12,14-16H2,(H,27,29). The van der Waals surface area contributed by atoms with Crippen molar-refractivity contribution in [2.24, 2.45) is 0 Å². The quantitative estimate of drug-likeness (QED) is 0.488. The Hall–Kier alpha value is -3.09. The van der Waals surface area contributed by atoms with Gasteiger partial charge < -0.3 is 15.7 Å². The zero-order chi connectivity index (χ0) is 20.5. The lowest BCUT2D eigenvalue weighted by atomic mass is 10.1. The number of pyridine rings is 1. The second-order valence-electron chi connectivity index (χ2n) is 6.76. The normalized spacial score (nSPS) is 11.8. The largest absolute Gasteiger partial charge is 0.387 e. The van der Waals surface area contributed by atoms with Gasteiger partial charge in [0.1, 0.15) is 5.82 Å². The number of hydrogen-bond donors (Lipinski definition) is 3. The molecule has 1 amide bonds. The van der Waals surface area contributed by atoms with Gasteiger partial charge in [0.05, 0.1) is 12.5 Å². The maximum Gasteiger partial charge on any atom is 0.230 e. The lowest BCUT2D eigenvalue weighted by molar-refractivity contribution is -0.115. The summed E-state index contributed by atoms with van der Waals surface area (Å²) in [6.45, 7) is 1.09. The minimum atomic E-state index is -0.674. The third-order valence-corrected chi connectivity index (χ3v) is 4.49. The molecule has 150 valence electrons. The van der Waals surface area contributed by atoms with Crippen LogP contribution in [0.25, 0.3) is 0 Å². The number of halogens is 1. The number of aromatic nitrogens is 1. The van der Waals surface area contributed by atoms with E-state index < -0.39 is 6.10 Å². The van der Waals surface area contributed by atoms with Crippen LogP contribution in [0.5, 0.6) is 0 Å². The highest BCUT2D eigenvalue weighted by Gasteiger charge is 2.07. The summed E-state index contributed by atoms with van der Waals surface area (Å²) in [5, 5.41) is 16.2. The van der Waals surface area contributed by atoms with Gasteiger partial charge in [-0.3, -0.25) is 9.78 Å². The summed E-state index contributed by atoms with van der Waals surface area (Å²) in [7, 11) is 0. The van der Waals surface area contributed by atoms with E-state index in [0.717, 1.165) is 23.4 Å². The van der Waals surface area contributed by atoms with Gasteiger partial charge >= 0.3 is 0 Å². The Morgan fingerprint density at radius 3 is 2.48 bits per heavy atom. The first-order chi connectivity index (χ1) is 14.1. The molecule has 6 heteroatoms. The maximum absolute atomic E-state index is 12.9. The van der Waals surface area contributed by atoms with Gasteiger partial charge in [-0.05, 0) is 60.5 Å². The van der Waals surface area contributed by atoms with Crippen LogP contribution in [0.1, 0.15) is 22.9 Å². The van der Waals surface area contributed by atoms with E-state index in [0.29, 0.717) is 18.7 Å². The van der Waals surface area contributed by atoms with Gasteiger partial charge in [0.2, 0.25) is 5.91 Å². The lowest BCUT2D eigenvalue weighted by Crippen LogP contribution is -2.23. The lowest BCUT2D eigenvalue weighted by Gasteiger charge is -2.12. The molecule has 0 aliphatic carbocycles. The Labute approximate surface area is 169 Å². The summed E-state index contributed by atoms with van der Waals surface area (Å²) in [6.07, 6.45) is 2.03. The highest BCUT2D eigenvalue weighted by molar-refractivity contribution is 5.91. The SMILES string of the molecule is O=C(Cc1ccccn1)Nc1ccc(CCNCC(O)c2ccc(F)cc2)cc1. The molecule has 3 rings (SSSR count). The number of aliphatic hydroxyl groups is 1. The van der Waals surface area contributed by atoms with Gasteiger partial charge in [0.25, 0.3) is 0 Å². The van der Waals surface area contributed by atoms with Gasteiger partial charge in [-0.25, -0.2) is 4.39 Å². The number of nitrogens with zero attached hydrogens (tertiary/aromatic N) is 1. The molecule has 0 bridgehead atoms. The molecule has 1 unspecified atom stereocenters. The van der Waals surface area contributed by atoms with Gasteiger partial charge in [-0.2, -0.15) is 0 Å². The summed E-state index contributed by atoms with van der Waals surface area (Å²) >= 11 is 0. The Bertz CT molecular complexity index is 900. The fourth-order valence-corrected chi connectivity index (χ4v) is 2.90. The molecule has 3 N–H and O–H groups in total. The van der Waals surface area contributed by atoms with Crippen molar-refractivity contribution in [3.8, 4) is 0 Å². The van der Waals surface area contributed by atoms with Crippen LogP contribution in [0.4, 0.5) is 10.1 Å². The van der Waals surface area contributed by atoms with Crippen molar-refractivity contribution in [1.29, 1.82) is 0 Å². The summed E-state index contributed by atoms with van der Waals surface area (Å²) in [5.74, 6) is -0.418. The third-order valence-electron chi connectivity index (χ3n) is 4.49. The zero-order valence-corrected chi connectivity index (χ0v) is 16.0. The van der Waals surface area contributed by atoms with Gasteiger partial charge in [-0.15, -0.1) is 0 Å². The molecule has 0 aliphatic heterocycles. The number of benzene rings is 2. The van der Waals surface area contributed by atoms with E-state index in [9.17, 15) is 14.3 Å². The van der Waals surface area contributed by atoms with Crippen LogP contribution < -0.4 is 10.6 Å². The molecule has 5 nitrogen and oxygen atoms in total. The fourth-order valence-electron chi connectivity index (χ4n) is 2.90. The smallest absolute Gasteiger partial charge is 0.230 e. The molecule has 0 radical (unpaired) electrons. The zero-order valence-electron chi connectivity index (χ0n) is 16.0. The predicted octanol–water partition coefficient (Wildman–Crippen LogP) is 3.27. The Balaban J connectivity index is 1.39. The van der Waals surface area contributed by atoms with Crippen molar-refractivity contribution in [2.75, 3.05) is 18.4 Å². The van der Waals surface area contributed by atoms with E-state index in [-0.39, 0.29) is 18.1 Å². The average Bonchev–Trinajstić information content (AvgIpc) is 2.73. The van der Waals surface area contributed by atoms with E-state index >= 15 is 0 Å². The van der Waals surface area contributed by atoms with Crippen LogP contribution in [0.3, 0.4) is 0 Å². The number of carbonyl (C=O) groups is 1. The molecule has 1 aromatic heterocycles. The molecule has 1 heterocycles. The van der Waals surface area contributed by atoms with Crippen LogP contribution in [-0.2, 0) is 17.6 Å². The van der Waals surface area contributed by atoms with E-state index in [2.05, 4.69) is 15.6 Å². The number of nitrogens with one attached hydrogen (secondary N) is 2. The molecular weight excluding hydrogens is 369 g/mol. The Morgan fingerprint density at radius 1 is 1.03 bits per heavy atom. The molecule has 0 fully saturated rings. The molecule has 29 heavy (non-hydrogen) atoms. The topological polar surface area (TPSA) is 74.2 Å². The van der Waals surface area contributed by atoms with Crippen LogP contribution in [0.2, 0.25) is 0 Å². The minimum Gasteiger partial charge on any atom is -0.387 e. The molecule has 0 aliphatic rings. The minimum absolute atomic E-state index is 0.104. The van der Waals surface area contributed by atoms with Crippen molar-refractivity contribution in [2.45, 2.75) is 18.9 Å². The summed E-state index contributed by atoms with van der Waals surface area (Å²) in [6, 6.07) is 19.0. The first-order valence-corrected chi connectivity index (χ1v) is 9.53.